The topological polar surface area (TPSA) is 38.3 Å². The molecule has 16 heavy (non-hydrogen) atoms. The van der Waals surface area contributed by atoms with Crippen molar-refractivity contribution in [2.75, 3.05) is 18.1 Å². The first-order valence-electron chi connectivity index (χ1n) is 5.22. The Bertz CT molecular complexity index is 342. The minimum absolute atomic E-state index is 0.0677. The van der Waals surface area contributed by atoms with E-state index in [0.717, 1.165) is 28.7 Å². The SMILES string of the molecule is COc1cccc(CC(=O)NCCCI)c1. The summed E-state index contributed by atoms with van der Waals surface area (Å²) in [7, 11) is 1.62. The molecular weight excluding hydrogens is 317 g/mol. The number of ether oxygens (including phenoxy) is 1. The zero-order chi connectivity index (χ0) is 11.8. The zero-order valence-corrected chi connectivity index (χ0v) is 11.5. The lowest BCUT2D eigenvalue weighted by Gasteiger charge is -2.05. The molecule has 0 aliphatic heterocycles. The molecule has 0 fully saturated rings. The summed E-state index contributed by atoms with van der Waals surface area (Å²) < 4.78 is 6.17. The standard InChI is InChI=1S/C12H16INO2/c1-16-11-5-2-4-10(8-11)9-12(15)14-7-3-6-13/h2,4-5,8H,3,6-7,9H2,1H3,(H,14,15). The second kappa shape index (κ2) is 7.49. The number of halogens is 1. The normalized spacial score (nSPS) is 9.88. The number of alkyl halides is 1. The highest BCUT2D eigenvalue weighted by atomic mass is 127. The van der Waals surface area contributed by atoms with Gasteiger partial charge in [-0.2, -0.15) is 0 Å². The van der Waals surface area contributed by atoms with Gasteiger partial charge in [-0.25, -0.2) is 0 Å². The predicted octanol–water partition coefficient (Wildman–Crippen LogP) is 2.18. The number of benzene rings is 1. The molecule has 0 heterocycles. The summed E-state index contributed by atoms with van der Waals surface area (Å²) in [5.74, 6) is 0.857. The van der Waals surface area contributed by atoms with Crippen LogP contribution in [-0.4, -0.2) is 24.0 Å². The Morgan fingerprint density at radius 2 is 2.31 bits per heavy atom. The zero-order valence-electron chi connectivity index (χ0n) is 9.33. The Balaban J connectivity index is 2.43. The largest absolute Gasteiger partial charge is 0.497 e. The highest BCUT2D eigenvalue weighted by molar-refractivity contribution is 14.1. The number of methoxy groups -OCH3 is 1. The molecule has 1 rings (SSSR count). The molecule has 1 aromatic rings. The first-order valence-corrected chi connectivity index (χ1v) is 6.74. The minimum Gasteiger partial charge on any atom is -0.497 e. The van der Waals surface area contributed by atoms with Gasteiger partial charge in [-0.05, 0) is 24.1 Å². The first-order chi connectivity index (χ1) is 7.76. The van der Waals surface area contributed by atoms with Gasteiger partial charge in [0.1, 0.15) is 5.75 Å². The van der Waals surface area contributed by atoms with E-state index in [4.69, 9.17) is 4.74 Å². The number of carbonyl (C=O) groups is 1. The van der Waals surface area contributed by atoms with Gasteiger partial charge in [-0.3, -0.25) is 4.79 Å². The molecule has 0 aromatic heterocycles. The molecule has 0 saturated carbocycles. The van der Waals surface area contributed by atoms with E-state index in [1.165, 1.54) is 0 Å². The molecule has 1 N–H and O–H groups in total. The van der Waals surface area contributed by atoms with Crippen LogP contribution in [0.4, 0.5) is 0 Å². The predicted molar refractivity (Wildman–Crippen MR) is 73.2 cm³/mol. The molecule has 0 aliphatic carbocycles. The number of carbonyl (C=O) groups excluding carboxylic acids is 1. The van der Waals surface area contributed by atoms with Crippen LogP contribution in [0.5, 0.6) is 5.75 Å². The van der Waals surface area contributed by atoms with Gasteiger partial charge in [-0.15, -0.1) is 0 Å². The lowest BCUT2D eigenvalue weighted by atomic mass is 10.1. The third-order valence-electron chi connectivity index (χ3n) is 2.13. The van der Waals surface area contributed by atoms with Gasteiger partial charge in [-0.1, -0.05) is 34.7 Å². The molecule has 3 nitrogen and oxygen atoms in total. The Labute approximate surface area is 110 Å². The maximum atomic E-state index is 11.5. The van der Waals surface area contributed by atoms with Crippen molar-refractivity contribution in [2.45, 2.75) is 12.8 Å². The van der Waals surface area contributed by atoms with Crippen molar-refractivity contribution in [2.24, 2.45) is 0 Å². The van der Waals surface area contributed by atoms with Gasteiger partial charge in [0.2, 0.25) is 5.91 Å². The summed E-state index contributed by atoms with van der Waals surface area (Å²) in [4.78, 5) is 11.5. The summed E-state index contributed by atoms with van der Waals surface area (Å²) in [5.41, 5.74) is 0.978. The molecule has 0 radical (unpaired) electrons. The van der Waals surface area contributed by atoms with Crippen molar-refractivity contribution in [3.05, 3.63) is 29.8 Å². The van der Waals surface area contributed by atoms with E-state index >= 15 is 0 Å². The lowest BCUT2D eigenvalue weighted by Crippen LogP contribution is -2.26. The number of amides is 1. The van der Waals surface area contributed by atoms with Gasteiger partial charge in [0.25, 0.3) is 0 Å². The van der Waals surface area contributed by atoms with Gasteiger partial charge in [0.05, 0.1) is 13.5 Å². The van der Waals surface area contributed by atoms with Gasteiger partial charge >= 0.3 is 0 Å². The van der Waals surface area contributed by atoms with Crippen LogP contribution in [0.25, 0.3) is 0 Å². The van der Waals surface area contributed by atoms with Crippen molar-refractivity contribution < 1.29 is 9.53 Å². The van der Waals surface area contributed by atoms with Crippen molar-refractivity contribution in [1.29, 1.82) is 0 Å². The fourth-order valence-corrected chi connectivity index (χ4v) is 1.71. The Kier molecular flexibility index (Phi) is 6.22. The Morgan fingerprint density at radius 1 is 1.50 bits per heavy atom. The number of nitrogens with one attached hydrogen (secondary N) is 1. The first kappa shape index (κ1) is 13.3. The van der Waals surface area contributed by atoms with E-state index in [1.54, 1.807) is 7.11 Å². The third-order valence-corrected chi connectivity index (χ3v) is 2.89. The number of hydrogen-bond acceptors (Lipinski definition) is 2. The molecule has 0 atom stereocenters. The average molecular weight is 333 g/mol. The van der Waals surface area contributed by atoms with E-state index in [2.05, 4.69) is 27.9 Å². The molecule has 88 valence electrons. The molecule has 0 bridgehead atoms. The molecule has 0 unspecified atom stereocenters. The minimum atomic E-state index is 0.0677. The van der Waals surface area contributed by atoms with Crippen LogP contribution in [0.1, 0.15) is 12.0 Å². The highest BCUT2D eigenvalue weighted by Crippen LogP contribution is 2.12. The second-order valence-corrected chi connectivity index (χ2v) is 4.50. The summed E-state index contributed by atoms with van der Waals surface area (Å²) in [6, 6.07) is 7.59. The second-order valence-electron chi connectivity index (χ2n) is 3.42. The number of rotatable bonds is 6. The maximum Gasteiger partial charge on any atom is 0.224 e. The van der Waals surface area contributed by atoms with Gasteiger partial charge in [0, 0.05) is 11.0 Å². The van der Waals surface area contributed by atoms with Crippen molar-refractivity contribution >= 4 is 28.5 Å². The summed E-state index contributed by atoms with van der Waals surface area (Å²) in [6.45, 7) is 0.756. The van der Waals surface area contributed by atoms with Crippen molar-refractivity contribution in [3.8, 4) is 5.75 Å². The highest BCUT2D eigenvalue weighted by Gasteiger charge is 2.03. The van der Waals surface area contributed by atoms with Crippen LogP contribution in [0.15, 0.2) is 24.3 Å². The monoisotopic (exact) mass is 333 g/mol. The molecule has 0 aliphatic rings. The van der Waals surface area contributed by atoms with E-state index in [9.17, 15) is 4.79 Å². The lowest BCUT2D eigenvalue weighted by molar-refractivity contribution is -0.120. The molecule has 1 aromatic carbocycles. The Hall–Kier alpha value is -0.780. The van der Waals surface area contributed by atoms with Gasteiger partial charge in [0.15, 0.2) is 0 Å². The van der Waals surface area contributed by atoms with E-state index in [-0.39, 0.29) is 5.91 Å². The summed E-state index contributed by atoms with van der Waals surface area (Å²) in [6.07, 6.45) is 1.43. The molecule has 4 heteroatoms. The molecule has 0 spiro atoms. The smallest absolute Gasteiger partial charge is 0.224 e. The molecular formula is C12H16INO2. The maximum absolute atomic E-state index is 11.5. The van der Waals surface area contributed by atoms with Crippen LogP contribution < -0.4 is 10.1 Å². The van der Waals surface area contributed by atoms with Crippen LogP contribution in [-0.2, 0) is 11.2 Å². The third kappa shape index (κ3) is 4.83. The van der Waals surface area contributed by atoms with Crippen LogP contribution in [0, 0.1) is 0 Å². The molecule has 0 saturated heterocycles. The van der Waals surface area contributed by atoms with Crippen LogP contribution >= 0.6 is 22.6 Å². The van der Waals surface area contributed by atoms with E-state index in [0.29, 0.717) is 6.42 Å². The van der Waals surface area contributed by atoms with Crippen molar-refractivity contribution in [1.82, 2.24) is 5.32 Å². The summed E-state index contributed by atoms with van der Waals surface area (Å²) >= 11 is 2.30. The fraction of sp³-hybridized carbons (Fsp3) is 0.417. The average Bonchev–Trinajstić information content (AvgIpc) is 2.29. The Morgan fingerprint density at radius 3 is 3.00 bits per heavy atom. The van der Waals surface area contributed by atoms with Gasteiger partial charge < -0.3 is 10.1 Å². The summed E-state index contributed by atoms with van der Waals surface area (Å²) in [5, 5.41) is 2.88. The van der Waals surface area contributed by atoms with Crippen LogP contribution in [0.3, 0.4) is 0 Å². The van der Waals surface area contributed by atoms with Crippen LogP contribution in [0.2, 0.25) is 0 Å². The number of hydrogen-bond donors (Lipinski definition) is 1. The quantitative estimate of drug-likeness (QED) is 0.492. The van der Waals surface area contributed by atoms with Crippen molar-refractivity contribution in [3.63, 3.8) is 0 Å². The molecule has 1 amide bonds. The van der Waals surface area contributed by atoms with E-state index in [1.807, 2.05) is 24.3 Å². The fourth-order valence-electron chi connectivity index (χ4n) is 1.32. The van der Waals surface area contributed by atoms with E-state index < -0.39 is 0 Å².